The van der Waals surface area contributed by atoms with E-state index in [4.69, 9.17) is 4.74 Å². The Kier molecular flexibility index (Phi) is 6.11. The molecule has 0 radical (unpaired) electrons. The Morgan fingerprint density at radius 3 is 2.45 bits per heavy atom. The van der Waals surface area contributed by atoms with E-state index >= 15 is 0 Å². The molecule has 2 aromatic carbocycles. The van der Waals surface area contributed by atoms with Crippen molar-refractivity contribution >= 4 is 17.3 Å². The average Bonchev–Trinajstić information content (AvgIpc) is 3.28. The summed E-state index contributed by atoms with van der Waals surface area (Å²) in [4.78, 5) is 21.9. The smallest absolute Gasteiger partial charge is 0.241 e. The van der Waals surface area contributed by atoms with Crippen LogP contribution in [-0.4, -0.2) is 59.2 Å². The van der Waals surface area contributed by atoms with Gasteiger partial charge in [-0.2, -0.15) is 0 Å². The number of hydrogen-bond acceptors (Lipinski definition) is 5. The number of hydrogen-bond donors (Lipinski definition) is 1. The van der Waals surface area contributed by atoms with E-state index in [9.17, 15) is 9.18 Å². The van der Waals surface area contributed by atoms with Crippen LogP contribution in [0.25, 0.3) is 5.69 Å². The third-order valence-electron chi connectivity index (χ3n) is 6.48. The van der Waals surface area contributed by atoms with E-state index in [2.05, 4.69) is 20.1 Å². The molecule has 1 N–H and O–H groups in total. The summed E-state index contributed by atoms with van der Waals surface area (Å²) in [6, 6.07) is 14.1. The van der Waals surface area contributed by atoms with E-state index in [-0.39, 0.29) is 17.8 Å². The standard InChI is InChI=1S/C25H28FN5O2/c1-18(25(32)28-20-4-8-21(9-5-20)29-12-14-33-15-13-29)30-11-10-24-23(16-30)27-17-31(24)22-6-2-19(26)3-7-22/h2-9,17-18H,10-16H2,1H3,(H,28,32)/t18-/m1/s1. The number of nitrogens with one attached hydrogen (secondary N) is 1. The number of benzene rings is 2. The summed E-state index contributed by atoms with van der Waals surface area (Å²) >= 11 is 0. The zero-order chi connectivity index (χ0) is 22.8. The van der Waals surface area contributed by atoms with Crippen LogP contribution in [-0.2, 0) is 22.5 Å². The molecule has 1 fully saturated rings. The van der Waals surface area contributed by atoms with Crippen LogP contribution in [0.1, 0.15) is 18.3 Å². The summed E-state index contributed by atoms with van der Waals surface area (Å²) in [5, 5.41) is 3.04. The molecule has 0 unspecified atom stereocenters. The van der Waals surface area contributed by atoms with Crippen LogP contribution in [0.3, 0.4) is 0 Å². The molecule has 0 spiro atoms. The number of fused-ring (bicyclic) bond motifs is 1. The van der Waals surface area contributed by atoms with E-state index in [1.54, 1.807) is 18.5 Å². The van der Waals surface area contributed by atoms with Gasteiger partial charge in [-0.25, -0.2) is 9.37 Å². The molecular formula is C25H28FN5O2. The van der Waals surface area contributed by atoms with Gasteiger partial charge >= 0.3 is 0 Å². The zero-order valence-corrected chi connectivity index (χ0v) is 18.7. The molecule has 3 heterocycles. The van der Waals surface area contributed by atoms with Gasteiger partial charge < -0.3 is 19.5 Å². The lowest BCUT2D eigenvalue weighted by atomic mass is 10.1. The maximum absolute atomic E-state index is 13.3. The van der Waals surface area contributed by atoms with Crippen molar-refractivity contribution in [2.45, 2.75) is 25.9 Å². The van der Waals surface area contributed by atoms with Gasteiger partial charge in [-0.3, -0.25) is 9.69 Å². The fourth-order valence-electron chi connectivity index (χ4n) is 4.47. The quantitative estimate of drug-likeness (QED) is 0.648. The Morgan fingerprint density at radius 2 is 1.73 bits per heavy atom. The molecule has 5 rings (SSSR count). The second-order valence-electron chi connectivity index (χ2n) is 8.52. The molecule has 0 aliphatic carbocycles. The van der Waals surface area contributed by atoms with Gasteiger partial charge in [0, 0.05) is 55.4 Å². The molecule has 1 saturated heterocycles. The van der Waals surface area contributed by atoms with Crippen molar-refractivity contribution in [1.29, 1.82) is 0 Å². The number of ether oxygens (including phenoxy) is 1. The first-order valence-electron chi connectivity index (χ1n) is 11.4. The lowest BCUT2D eigenvalue weighted by Crippen LogP contribution is -2.44. The van der Waals surface area contributed by atoms with Crippen LogP contribution >= 0.6 is 0 Å². The highest BCUT2D eigenvalue weighted by molar-refractivity contribution is 5.94. The van der Waals surface area contributed by atoms with Gasteiger partial charge in [0.05, 0.1) is 31.3 Å². The zero-order valence-electron chi connectivity index (χ0n) is 18.7. The SMILES string of the molecule is C[C@H](C(=O)Nc1ccc(N2CCOCC2)cc1)N1CCc2c(ncn2-c2ccc(F)cc2)C1. The van der Waals surface area contributed by atoms with E-state index < -0.39 is 0 Å². The number of aromatic nitrogens is 2. The second-order valence-corrected chi connectivity index (χ2v) is 8.52. The summed E-state index contributed by atoms with van der Waals surface area (Å²) in [5.74, 6) is -0.287. The summed E-state index contributed by atoms with van der Waals surface area (Å²) in [5.41, 5.74) is 4.90. The largest absolute Gasteiger partial charge is 0.378 e. The fraction of sp³-hybridized carbons (Fsp3) is 0.360. The number of rotatable bonds is 5. The third-order valence-corrected chi connectivity index (χ3v) is 6.48. The number of anilines is 2. The van der Waals surface area contributed by atoms with E-state index in [0.29, 0.717) is 6.54 Å². The maximum atomic E-state index is 13.3. The summed E-state index contributed by atoms with van der Waals surface area (Å²) < 4.78 is 20.7. The highest BCUT2D eigenvalue weighted by atomic mass is 19.1. The summed E-state index contributed by atoms with van der Waals surface area (Å²) in [7, 11) is 0. The molecule has 33 heavy (non-hydrogen) atoms. The highest BCUT2D eigenvalue weighted by Gasteiger charge is 2.28. The fourth-order valence-corrected chi connectivity index (χ4v) is 4.47. The van der Waals surface area contributed by atoms with Gasteiger partial charge in [0.2, 0.25) is 5.91 Å². The van der Waals surface area contributed by atoms with Crippen LogP contribution in [0, 0.1) is 5.82 Å². The Morgan fingerprint density at radius 1 is 1.03 bits per heavy atom. The van der Waals surface area contributed by atoms with Crippen molar-refractivity contribution in [2.24, 2.45) is 0 Å². The monoisotopic (exact) mass is 449 g/mol. The van der Waals surface area contributed by atoms with Crippen LogP contribution < -0.4 is 10.2 Å². The van der Waals surface area contributed by atoms with E-state index in [1.165, 1.54) is 12.1 Å². The van der Waals surface area contributed by atoms with Crippen LogP contribution in [0.5, 0.6) is 0 Å². The first kappa shape index (κ1) is 21.6. The number of carbonyl (C=O) groups is 1. The molecular weight excluding hydrogens is 421 g/mol. The molecule has 1 amide bonds. The number of carbonyl (C=O) groups excluding carboxylic acids is 1. The molecule has 7 nitrogen and oxygen atoms in total. The van der Waals surface area contributed by atoms with Gasteiger partial charge in [0.15, 0.2) is 0 Å². The first-order valence-corrected chi connectivity index (χ1v) is 11.4. The molecule has 1 atom stereocenters. The third kappa shape index (κ3) is 4.62. The minimum absolute atomic E-state index is 0.0319. The summed E-state index contributed by atoms with van der Waals surface area (Å²) in [6.45, 7) is 6.55. The number of nitrogens with zero attached hydrogens (tertiary/aromatic N) is 4. The lowest BCUT2D eigenvalue weighted by Gasteiger charge is -2.31. The molecule has 0 bridgehead atoms. The highest BCUT2D eigenvalue weighted by Crippen LogP contribution is 2.24. The van der Waals surface area contributed by atoms with Crippen LogP contribution in [0.15, 0.2) is 54.9 Å². The van der Waals surface area contributed by atoms with Crippen molar-refractivity contribution in [3.8, 4) is 5.69 Å². The Hall–Kier alpha value is -3.23. The van der Waals surface area contributed by atoms with E-state index in [0.717, 1.165) is 67.7 Å². The maximum Gasteiger partial charge on any atom is 0.241 e. The molecule has 2 aliphatic rings. The lowest BCUT2D eigenvalue weighted by molar-refractivity contribution is -0.121. The second kappa shape index (κ2) is 9.33. The van der Waals surface area contributed by atoms with Crippen molar-refractivity contribution in [3.63, 3.8) is 0 Å². The number of morpholine rings is 1. The van der Waals surface area contributed by atoms with Gasteiger partial charge in [-0.15, -0.1) is 0 Å². The minimum Gasteiger partial charge on any atom is -0.378 e. The molecule has 172 valence electrons. The molecule has 2 aliphatic heterocycles. The molecule has 0 saturated carbocycles. The predicted octanol–water partition coefficient (Wildman–Crippen LogP) is 3.23. The van der Waals surface area contributed by atoms with Crippen molar-refractivity contribution in [2.75, 3.05) is 43.1 Å². The topological polar surface area (TPSA) is 62.6 Å². The normalized spacial score (nSPS) is 17.5. The van der Waals surface area contributed by atoms with Gasteiger partial charge in [-0.05, 0) is 55.5 Å². The molecule has 3 aromatic rings. The Labute approximate surface area is 192 Å². The van der Waals surface area contributed by atoms with E-state index in [1.807, 2.05) is 35.8 Å². The van der Waals surface area contributed by atoms with Crippen LogP contribution in [0.2, 0.25) is 0 Å². The molecule has 1 aromatic heterocycles. The van der Waals surface area contributed by atoms with Gasteiger partial charge in [0.25, 0.3) is 0 Å². The first-order chi connectivity index (χ1) is 16.1. The van der Waals surface area contributed by atoms with Crippen molar-refractivity contribution < 1.29 is 13.9 Å². The minimum atomic E-state index is -0.284. The van der Waals surface area contributed by atoms with Gasteiger partial charge in [0.1, 0.15) is 5.82 Å². The average molecular weight is 450 g/mol. The van der Waals surface area contributed by atoms with Crippen molar-refractivity contribution in [1.82, 2.24) is 14.5 Å². The Balaban J connectivity index is 1.21. The Bertz CT molecular complexity index is 1110. The van der Waals surface area contributed by atoms with Crippen molar-refractivity contribution in [3.05, 3.63) is 72.1 Å². The molecule has 8 heteroatoms. The predicted molar refractivity (Wildman–Crippen MR) is 125 cm³/mol. The van der Waals surface area contributed by atoms with Crippen LogP contribution in [0.4, 0.5) is 15.8 Å². The number of imidazole rings is 1. The van der Waals surface area contributed by atoms with Gasteiger partial charge in [-0.1, -0.05) is 0 Å². The number of halogens is 1. The summed E-state index contributed by atoms with van der Waals surface area (Å²) in [6.07, 6.45) is 2.56. The number of amides is 1.